The zero-order valence-electron chi connectivity index (χ0n) is 3.57. The van der Waals surface area contributed by atoms with Crippen LogP contribution in [0.1, 0.15) is 0 Å². The zero-order valence-corrected chi connectivity index (χ0v) is 4.39. The first-order chi connectivity index (χ1) is 3.50. The number of allylic oxidation sites excluding steroid dienone is 2. The maximum absolute atomic E-state index is 4.70. The second-order valence-corrected chi connectivity index (χ2v) is 1.50. The Labute approximate surface area is 46.0 Å². The Balaban J connectivity index is 2.60. The molecule has 1 rings (SSSR count). The summed E-state index contributed by atoms with van der Waals surface area (Å²) in [5.74, 6) is 0. The van der Waals surface area contributed by atoms with Crippen LogP contribution in [0.25, 0.3) is 0 Å². The summed E-state index contributed by atoms with van der Waals surface area (Å²) in [4.78, 5) is 0. The van der Waals surface area contributed by atoms with Crippen molar-refractivity contribution in [3.05, 3.63) is 12.2 Å². The molecule has 36 valence electrons. The molecule has 1 aliphatic rings. The van der Waals surface area contributed by atoms with Crippen LogP contribution < -0.4 is 0 Å². The van der Waals surface area contributed by atoms with E-state index >= 15 is 0 Å². The molecule has 0 amide bonds. The van der Waals surface area contributed by atoms with E-state index in [1.165, 1.54) is 0 Å². The second-order valence-electron chi connectivity index (χ2n) is 0.946. The maximum atomic E-state index is 4.70. The number of nitrogens with zero attached hydrogens (tertiary/aromatic N) is 1. The van der Waals surface area contributed by atoms with Crippen LogP contribution in [0, 0.1) is 0 Å². The van der Waals surface area contributed by atoms with Crippen molar-refractivity contribution in [2.24, 2.45) is 4.40 Å². The number of hydrogen-bond acceptors (Lipinski definition) is 2. The minimum absolute atomic E-state index is 1.07. The van der Waals surface area contributed by atoms with Crippen molar-refractivity contribution in [2.75, 3.05) is 0 Å². The molecule has 0 aromatic rings. The molecule has 0 atom stereocenters. The molecule has 0 saturated carbocycles. The smallest absolute Gasteiger partial charge is 0.148 e. The molecule has 3 heteroatoms. The molecule has 0 radical (unpaired) electrons. The third kappa shape index (κ3) is 1.55. The fourth-order valence-electron chi connectivity index (χ4n) is 0.237. The van der Waals surface area contributed by atoms with Crippen molar-refractivity contribution in [2.45, 2.75) is 0 Å². The van der Waals surface area contributed by atoms with Crippen LogP contribution in [0.3, 0.4) is 0 Å². The van der Waals surface area contributed by atoms with Gasteiger partial charge in [-0.1, -0.05) is 0 Å². The molecular weight excluding hydrogens is 110 g/mol. The van der Waals surface area contributed by atoms with E-state index in [0.717, 1.165) is 12.2 Å². The van der Waals surface area contributed by atoms with E-state index in [4.69, 9.17) is 3.87 Å². The Morgan fingerprint density at radius 2 is 2.43 bits per heavy atom. The van der Waals surface area contributed by atoms with E-state index in [9.17, 15) is 0 Å². The average Bonchev–Trinajstić information content (AvgIpc) is 1.90. The SMILES string of the molecule is C1=CC=[O+]SN=C1. The predicted octanol–water partition coefficient (Wildman–Crippen LogP) is 0.925. The molecule has 0 saturated heterocycles. The molecule has 1 heterocycles. The van der Waals surface area contributed by atoms with Crippen molar-refractivity contribution in [3.8, 4) is 0 Å². The maximum Gasteiger partial charge on any atom is 0.493 e. The molecule has 0 spiro atoms. The summed E-state index contributed by atoms with van der Waals surface area (Å²) >= 11 is 1.07. The minimum atomic E-state index is 1.07. The molecule has 0 unspecified atom stereocenters. The van der Waals surface area contributed by atoms with E-state index in [2.05, 4.69) is 4.40 Å². The highest BCUT2D eigenvalue weighted by Crippen LogP contribution is 1.95. The first kappa shape index (κ1) is 4.59. The fourth-order valence-corrected chi connectivity index (χ4v) is 0.520. The molecule has 0 bridgehead atoms. The number of aldehydes is 1. The Morgan fingerprint density at radius 1 is 1.43 bits per heavy atom. The third-order valence-corrected chi connectivity index (χ3v) is 0.883. The van der Waals surface area contributed by atoms with Gasteiger partial charge in [0.05, 0.1) is 0 Å². The Bertz CT molecular complexity index is 114. The normalized spacial score (nSPS) is 17.1. The molecule has 0 fully saturated rings. The molecule has 0 aromatic heterocycles. The van der Waals surface area contributed by atoms with Gasteiger partial charge in [0, 0.05) is 12.3 Å². The molecule has 7 heavy (non-hydrogen) atoms. The van der Waals surface area contributed by atoms with Gasteiger partial charge in [-0.2, -0.15) is 0 Å². The first-order valence-electron chi connectivity index (χ1n) is 1.84. The van der Waals surface area contributed by atoms with Crippen molar-refractivity contribution < 1.29 is 3.87 Å². The van der Waals surface area contributed by atoms with Crippen LogP contribution in [-0.4, -0.2) is 12.5 Å². The topological polar surface area (TPSA) is 23.7 Å². The van der Waals surface area contributed by atoms with Crippen LogP contribution in [0.4, 0.5) is 0 Å². The van der Waals surface area contributed by atoms with E-state index in [1.807, 2.05) is 0 Å². The van der Waals surface area contributed by atoms with Gasteiger partial charge in [0.15, 0.2) is 0 Å². The number of hydrogen-bond donors (Lipinski definition) is 0. The van der Waals surface area contributed by atoms with Crippen LogP contribution in [0.5, 0.6) is 0 Å². The number of carbonyl (C=O) groups excluding carboxylic acids is 1. The summed E-state index contributed by atoms with van der Waals surface area (Å²) in [6.07, 6.45) is 6.84. The highest BCUT2D eigenvalue weighted by atomic mass is 32.2. The summed E-state index contributed by atoms with van der Waals surface area (Å²) in [6, 6.07) is 0. The Morgan fingerprint density at radius 3 is 3.43 bits per heavy atom. The predicted molar refractivity (Wildman–Crippen MR) is 31.3 cm³/mol. The lowest BCUT2D eigenvalue weighted by Gasteiger charge is -1.55. The van der Waals surface area contributed by atoms with Gasteiger partial charge in [0.1, 0.15) is 0 Å². The largest absolute Gasteiger partial charge is 0.493 e. The van der Waals surface area contributed by atoms with Crippen molar-refractivity contribution in [1.29, 1.82) is 0 Å². The van der Waals surface area contributed by atoms with Crippen LogP contribution in [0.15, 0.2) is 16.5 Å². The molecule has 0 aliphatic carbocycles. The lowest BCUT2D eigenvalue weighted by Crippen LogP contribution is -1.59. The monoisotopic (exact) mass is 114 g/mol. The van der Waals surface area contributed by atoms with Gasteiger partial charge >= 0.3 is 18.5 Å². The highest BCUT2D eigenvalue weighted by molar-refractivity contribution is 7.91. The molecule has 0 aromatic carbocycles. The summed E-state index contributed by atoms with van der Waals surface area (Å²) in [5, 5.41) is 0. The third-order valence-electron chi connectivity index (χ3n) is 0.478. The van der Waals surface area contributed by atoms with Crippen LogP contribution in [0.2, 0.25) is 0 Å². The Hall–Kier alpha value is -0.570. The summed E-state index contributed by atoms with van der Waals surface area (Å²) < 4.78 is 8.42. The fraction of sp³-hybridized carbons (Fsp3) is 0. The van der Waals surface area contributed by atoms with E-state index < -0.39 is 0 Å². The quantitative estimate of drug-likeness (QED) is 0.199. The lowest BCUT2D eigenvalue weighted by molar-refractivity contribution is -0.235. The summed E-state index contributed by atoms with van der Waals surface area (Å²) in [7, 11) is 0. The van der Waals surface area contributed by atoms with Crippen molar-refractivity contribution in [3.63, 3.8) is 0 Å². The first-order valence-corrected chi connectivity index (χ1v) is 2.54. The molecule has 0 N–H and O–H groups in total. The summed E-state index contributed by atoms with van der Waals surface area (Å²) in [6.45, 7) is 0. The van der Waals surface area contributed by atoms with E-state index in [0.29, 0.717) is 0 Å². The molecular formula is C4H4NOS+. The average molecular weight is 114 g/mol. The standard InChI is InChI=1S/C4H4NOS/c1-2-4-6-7-5-3-1/h1-4H/q+1. The molecule has 1 aliphatic heterocycles. The van der Waals surface area contributed by atoms with Gasteiger partial charge < -0.3 is 0 Å². The van der Waals surface area contributed by atoms with Gasteiger partial charge in [0.25, 0.3) is 0 Å². The van der Waals surface area contributed by atoms with Gasteiger partial charge in [-0.05, 0) is 6.08 Å². The van der Waals surface area contributed by atoms with Gasteiger partial charge in [0.2, 0.25) is 0 Å². The van der Waals surface area contributed by atoms with Crippen molar-refractivity contribution >= 4 is 24.7 Å². The molecule has 2 nitrogen and oxygen atoms in total. The van der Waals surface area contributed by atoms with Gasteiger partial charge in [-0.3, -0.25) is 0 Å². The second kappa shape index (κ2) is 2.58. The zero-order chi connectivity index (χ0) is 4.95. The minimum Gasteiger partial charge on any atom is -0.148 e. The van der Waals surface area contributed by atoms with E-state index in [-0.39, 0.29) is 0 Å². The number of rotatable bonds is 0. The summed E-state index contributed by atoms with van der Waals surface area (Å²) in [5.41, 5.74) is 0. The lowest BCUT2D eigenvalue weighted by atomic mass is 10.6. The van der Waals surface area contributed by atoms with Crippen LogP contribution >= 0.6 is 12.2 Å². The van der Waals surface area contributed by atoms with E-state index in [1.54, 1.807) is 24.7 Å². The van der Waals surface area contributed by atoms with Gasteiger partial charge in [-0.15, -0.1) is 8.27 Å². The van der Waals surface area contributed by atoms with Crippen molar-refractivity contribution in [1.82, 2.24) is 0 Å². The van der Waals surface area contributed by atoms with Gasteiger partial charge in [-0.25, -0.2) is 0 Å². The highest BCUT2D eigenvalue weighted by Gasteiger charge is 1.89. The van der Waals surface area contributed by atoms with Crippen LogP contribution in [-0.2, 0) is 3.87 Å². The Kier molecular flexibility index (Phi) is 1.69.